The van der Waals surface area contributed by atoms with Gasteiger partial charge in [-0.15, -0.1) is 0 Å². The van der Waals surface area contributed by atoms with Crippen LogP contribution in [0.15, 0.2) is 11.6 Å². The van der Waals surface area contributed by atoms with Crippen molar-refractivity contribution in [3.8, 4) is 6.07 Å². The molecule has 1 atom stereocenters. The van der Waals surface area contributed by atoms with E-state index < -0.39 is 18.5 Å². The number of aromatic nitrogens is 1. The molecule has 0 spiro atoms. The number of nitriles is 1. The van der Waals surface area contributed by atoms with Gasteiger partial charge in [0.25, 0.3) is 0 Å². The highest BCUT2D eigenvalue weighted by molar-refractivity contribution is 5.78. The van der Waals surface area contributed by atoms with Crippen LogP contribution in [0.25, 0.3) is 0 Å². The minimum atomic E-state index is -4.52. The summed E-state index contributed by atoms with van der Waals surface area (Å²) < 4.78 is 38.4. The average molecular weight is 431 g/mol. The Hall–Kier alpha value is -2.60. The van der Waals surface area contributed by atoms with Crippen LogP contribution < -0.4 is 10.2 Å². The molecule has 2 aliphatic heterocycles. The monoisotopic (exact) mass is 431 g/mol. The number of alkyl halides is 3. The molecule has 1 amide bonds. The molecule has 0 aromatic carbocycles. The van der Waals surface area contributed by atoms with Crippen molar-refractivity contribution in [3.63, 3.8) is 0 Å². The second kappa shape index (κ2) is 7.52. The predicted molar refractivity (Wildman–Crippen MR) is 107 cm³/mol. The van der Waals surface area contributed by atoms with Gasteiger partial charge in [-0.3, -0.25) is 4.79 Å². The number of carbonyl (C=O) groups is 1. The van der Waals surface area contributed by atoms with E-state index in [1.54, 1.807) is 0 Å². The van der Waals surface area contributed by atoms with E-state index in [9.17, 15) is 23.2 Å². The Morgan fingerprint density at radius 1 is 1.29 bits per heavy atom. The van der Waals surface area contributed by atoms with E-state index >= 15 is 0 Å². The van der Waals surface area contributed by atoms with E-state index in [1.165, 1.54) is 4.90 Å². The van der Waals surface area contributed by atoms with Gasteiger partial charge in [-0.25, -0.2) is 4.98 Å². The number of piperazine rings is 1. The van der Waals surface area contributed by atoms with E-state index in [-0.39, 0.29) is 12.6 Å². The fourth-order valence-corrected chi connectivity index (χ4v) is 4.81. The van der Waals surface area contributed by atoms with Gasteiger partial charge in [-0.2, -0.15) is 18.4 Å². The molecule has 3 heterocycles. The van der Waals surface area contributed by atoms with E-state index in [0.29, 0.717) is 30.4 Å². The molecule has 0 bridgehead atoms. The number of rotatable bonds is 4. The standard InChI is InChI=1S/C22H24F3N5O/c23-22(24,25)9-19(31)30-8-7-29(12-18(30)13-1-2-13)21-16(10-26)15-5-6-27-11-17(15)20(28-21)14-3-4-14/h1,14,18,27H,2-9,11-12H2/t18-/m0/s1. The molecule has 1 aromatic rings. The first-order chi connectivity index (χ1) is 14.9. The molecule has 1 N–H and O–H groups in total. The summed E-state index contributed by atoms with van der Waals surface area (Å²) in [5.74, 6) is 0.185. The van der Waals surface area contributed by atoms with Crippen LogP contribution in [0.5, 0.6) is 0 Å². The van der Waals surface area contributed by atoms with Crippen LogP contribution in [0, 0.1) is 11.3 Å². The van der Waals surface area contributed by atoms with E-state index in [1.807, 2.05) is 11.0 Å². The molecular formula is C22H24F3N5O. The molecule has 2 fully saturated rings. The lowest BCUT2D eigenvalue weighted by atomic mass is 9.93. The van der Waals surface area contributed by atoms with Gasteiger partial charge in [-0.05, 0) is 48.9 Å². The molecule has 164 valence electrons. The second-order valence-electron chi connectivity index (χ2n) is 8.79. The van der Waals surface area contributed by atoms with Crippen molar-refractivity contribution in [2.24, 2.45) is 0 Å². The summed E-state index contributed by atoms with van der Waals surface area (Å²) in [6.45, 7) is 2.47. The number of amides is 1. The fraction of sp³-hybridized carbons (Fsp3) is 0.591. The topological polar surface area (TPSA) is 72.3 Å². The number of halogens is 3. The van der Waals surface area contributed by atoms with Gasteiger partial charge in [0.05, 0.1) is 17.3 Å². The van der Waals surface area contributed by atoms with Crippen molar-refractivity contribution in [1.82, 2.24) is 15.2 Å². The Balaban J connectivity index is 1.46. The quantitative estimate of drug-likeness (QED) is 0.743. The number of hydrogen-bond donors (Lipinski definition) is 1. The van der Waals surface area contributed by atoms with Gasteiger partial charge in [0.15, 0.2) is 0 Å². The Kier molecular flexibility index (Phi) is 4.93. The van der Waals surface area contributed by atoms with Gasteiger partial charge in [0, 0.05) is 32.1 Å². The van der Waals surface area contributed by atoms with Crippen molar-refractivity contribution < 1.29 is 18.0 Å². The smallest absolute Gasteiger partial charge is 0.351 e. The van der Waals surface area contributed by atoms with E-state index in [4.69, 9.17) is 4.98 Å². The molecule has 6 nitrogen and oxygen atoms in total. The highest BCUT2D eigenvalue weighted by Crippen LogP contribution is 2.44. The van der Waals surface area contributed by atoms with Gasteiger partial charge in [0.1, 0.15) is 18.3 Å². The summed E-state index contributed by atoms with van der Waals surface area (Å²) in [5.41, 5.74) is 4.84. The lowest BCUT2D eigenvalue weighted by molar-refractivity contribution is -0.162. The molecule has 4 aliphatic rings. The summed E-state index contributed by atoms with van der Waals surface area (Å²) in [5, 5.41) is 13.3. The Labute approximate surface area is 178 Å². The van der Waals surface area contributed by atoms with Crippen molar-refractivity contribution in [2.75, 3.05) is 31.1 Å². The Morgan fingerprint density at radius 2 is 2.06 bits per heavy atom. The summed E-state index contributed by atoms with van der Waals surface area (Å²) in [4.78, 5) is 20.7. The van der Waals surface area contributed by atoms with Crippen LogP contribution >= 0.6 is 0 Å². The number of carbonyl (C=O) groups excluding carboxylic acids is 1. The maximum absolute atomic E-state index is 12.8. The molecular weight excluding hydrogens is 407 g/mol. The number of hydrogen-bond acceptors (Lipinski definition) is 5. The largest absolute Gasteiger partial charge is 0.397 e. The van der Waals surface area contributed by atoms with Crippen LogP contribution in [-0.2, 0) is 17.8 Å². The third kappa shape index (κ3) is 4.01. The van der Waals surface area contributed by atoms with Crippen LogP contribution in [0.2, 0.25) is 0 Å². The third-order valence-electron chi connectivity index (χ3n) is 6.57. The van der Waals surface area contributed by atoms with Crippen molar-refractivity contribution in [3.05, 3.63) is 34.0 Å². The maximum atomic E-state index is 12.8. The Bertz CT molecular complexity index is 992. The lowest BCUT2D eigenvalue weighted by Crippen LogP contribution is -2.56. The van der Waals surface area contributed by atoms with E-state index in [0.717, 1.165) is 61.2 Å². The van der Waals surface area contributed by atoms with Crippen LogP contribution in [-0.4, -0.2) is 54.2 Å². The first kappa shape index (κ1) is 20.3. The van der Waals surface area contributed by atoms with Crippen LogP contribution in [0.3, 0.4) is 0 Å². The number of nitrogens with zero attached hydrogens (tertiary/aromatic N) is 4. The Morgan fingerprint density at radius 3 is 2.71 bits per heavy atom. The average Bonchev–Trinajstić information content (AvgIpc) is 3.63. The molecule has 0 radical (unpaired) electrons. The summed E-state index contributed by atoms with van der Waals surface area (Å²) in [7, 11) is 0. The number of anilines is 1. The van der Waals surface area contributed by atoms with Crippen LogP contribution in [0.4, 0.5) is 19.0 Å². The van der Waals surface area contributed by atoms with Gasteiger partial charge in [-0.1, -0.05) is 6.08 Å². The van der Waals surface area contributed by atoms with Gasteiger partial charge >= 0.3 is 6.18 Å². The van der Waals surface area contributed by atoms with E-state index in [2.05, 4.69) is 11.4 Å². The van der Waals surface area contributed by atoms with Crippen molar-refractivity contribution in [1.29, 1.82) is 5.26 Å². The minimum Gasteiger partial charge on any atom is -0.351 e. The lowest BCUT2D eigenvalue weighted by Gasteiger charge is -2.42. The normalized spacial score (nSPS) is 23.2. The highest BCUT2D eigenvalue weighted by Gasteiger charge is 2.41. The molecule has 2 aliphatic carbocycles. The molecule has 1 saturated heterocycles. The first-order valence-electron chi connectivity index (χ1n) is 10.8. The number of pyridine rings is 1. The highest BCUT2D eigenvalue weighted by atomic mass is 19.4. The van der Waals surface area contributed by atoms with Crippen LogP contribution in [0.1, 0.15) is 54.0 Å². The maximum Gasteiger partial charge on any atom is 0.397 e. The molecule has 1 saturated carbocycles. The number of allylic oxidation sites excluding steroid dienone is 1. The molecule has 31 heavy (non-hydrogen) atoms. The second-order valence-corrected chi connectivity index (χ2v) is 8.79. The molecule has 1 aromatic heterocycles. The predicted octanol–water partition coefficient (Wildman–Crippen LogP) is 2.78. The van der Waals surface area contributed by atoms with Crippen molar-refractivity contribution in [2.45, 2.75) is 56.8 Å². The van der Waals surface area contributed by atoms with Gasteiger partial charge < -0.3 is 15.1 Å². The van der Waals surface area contributed by atoms with Crippen molar-refractivity contribution >= 4 is 11.7 Å². The molecule has 0 unspecified atom stereocenters. The minimum absolute atomic E-state index is 0.195. The molecule has 9 heteroatoms. The summed E-state index contributed by atoms with van der Waals surface area (Å²) >= 11 is 0. The summed E-state index contributed by atoms with van der Waals surface area (Å²) in [6.07, 6.45) is -0.314. The summed E-state index contributed by atoms with van der Waals surface area (Å²) in [6, 6.07) is 1.97. The zero-order valence-electron chi connectivity index (χ0n) is 17.1. The fourth-order valence-electron chi connectivity index (χ4n) is 4.81. The number of fused-ring (bicyclic) bond motifs is 1. The van der Waals surface area contributed by atoms with Gasteiger partial charge in [0.2, 0.25) is 5.91 Å². The molecule has 5 rings (SSSR count). The SMILES string of the molecule is N#Cc1c(N2CCN(C(=O)CC(F)(F)F)[C@H](C3=CC3)C2)nc(C2CC2)c2c1CCNC2. The zero-order chi connectivity index (χ0) is 21.8. The third-order valence-corrected chi connectivity index (χ3v) is 6.57. The first-order valence-corrected chi connectivity index (χ1v) is 10.8. The zero-order valence-corrected chi connectivity index (χ0v) is 17.1. The number of nitrogens with one attached hydrogen (secondary N) is 1.